The number of ether oxygens (including phenoxy) is 5. The van der Waals surface area contributed by atoms with Crippen LogP contribution in [-0.2, 0) is 0 Å². The molecule has 0 saturated heterocycles. The van der Waals surface area contributed by atoms with Crippen LogP contribution in [0.15, 0.2) is 77.9 Å². The van der Waals surface area contributed by atoms with Crippen LogP contribution < -0.4 is 34.4 Å². The van der Waals surface area contributed by atoms with Gasteiger partial charge in [-0.15, -0.1) is 0 Å². The van der Waals surface area contributed by atoms with Crippen LogP contribution >= 0.6 is 23.2 Å². The number of anilines is 1. The standard InChI is InChI=1S/C32H27Cl2N3O8/c1-41-26-12-18(8-11-25(26)45-32(40)20-14-27(42-2)29(44-4)28(15-20)43-3)17-35-37-30(38)19-6-5-7-22(13-19)36-31(39)23-10-9-21(33)16-24(23)34/h5-17H,1-4H3,(H,36,39)(H,37,38). The summed E-state index contributed by atoms with van der Waals surface area (Å²) in [5.74, 6) is -0.341. The van der Waals surface area contributed by atoms with E-state index in [1.807, 2.05) is 0 Å². The SMILES string of the molecule is COc1cc(C=NNC(=O)c2cccc(NC(=O)c3ccc(Cl)cc3Cl)c2)ccc1OC(=O)c1cc(OC)c(OC)c(OC)c1. The number of halogens is 2. The number of carbonyl (C=O) groups excluding carboxylic acids is 3. The van der Waals surface area contributed by atoms with E-state index in [4.69, 9.17) is 46.9 Å². The summed E-state index contributed by atoms with van der Waals surface area (Å²) in [7, 11) is 5.76. The molecule has 2 amide bonds. The molecule has 11 nitrogen and oxygen atoms in total. The third kappa shape index (κ3) is 8.02. The van der Waals surface area contributed by atoms with E-state index in [2.05, 4.69) is 15.8 Å². The molecule has 0 spiro atoms. The minimum absolute atomic E-state index is 0.149. The second-order valence-corrected chi connectivity index (χ2v) is 9.92. The number of hydrazone groups is 1. The summed E-state index contributed by atoms with van der Waals surface area (Å²) in [6.45, 7) is 0. The van der Waals surface area contributed by atoms with E-state index >= 15 is 0 Å². The Labute approximate surface area is 268 Å². The minimum Gasteiger partial charge on any atom is -0.493 e. The maximum Gasteiger partial charge on any atom is 0.343 e. The highest BCUT2D eigenvalue weighted by Crippen LogP contribution is 2.39. The number of esters is 1. The van der Waals surface area contributed by atoms with Gasteiger partial charge in [-0.05, 0) is 72.3 Å². The van der Waals surface area contributed by atoms with Crippen LogP contribution in [0.5, 0.6) is 28.7 Å². The fourth-order valence-electron chi connectivity index (χ4n) is 4.05. The average molecular weight is 652 g/mol. The molecule has 4 aromatic rings. The number of rotatable bonds is 11. The van der Waals surface area contributed by atoms with Gasteiger partial charge in [-0.2, -0.15) is 5.10 Å². The molecule has 0 bridgehead atoms. The van der Waals surface area contributed by atoms with Crippen molar-refractivity contribution in [3.8, 4) is 28.7 Å². The normalized spacial score (nSPS) is 10.6. The topological polar surface area (TPSA) is 134 Å². The largest absolute Gasteiger partial charge is 0.493 e. The first kappa shape index (κ1) is 32.6. The van der Waals surface area contributed by atoms with Crippen molar-refractivity contribution in [2.75, 3.05) is 33.8 Å². The van der Waals surface area contributed by atoms with Crippen LogP contribution in [0.2, 0.25) is 10.0 Å². The van der Waals surface area contributed by atoms with Gasteiger partial charge in [0, 0.05) is 16.3 Å². The molecule has 0 radical (unpaired) electrons. The third-order valence-electron chi connectivity index (χ3n) is 6.23. The van der Waals surface area contributed by atoms with Gasteiger partial charge in [-0.3, -0.25) is 9.59 Å². The Bertz CT molecular complexity index is 1750. The summed E-state index contributed by atoms with van der Waals surface area (Å²) in [5.41, 5.74) is 4.00. The number of hydrogen-bond acceptors (Lipinski definition) is 9. The van der Waals surface area contributed by atoms with E-state index in [0.717, 1.165) is 0 Å². The Kier molecular flexibility index (Phi) is 10.9. The molecule has 13 heteroatoms. The maximum absolute atomic E-state index is 12.9. The van der Waals surface area contributed by atoms with Crippen LogP contribution in [0, 0.1) is 0 Å². The second kappa shape index (κ2) is 15.0. The Hall–Kier alpha value is -5.26. The Morgan fingerprint density at radius 2 is 1.42 bits per heavy atom. The molecule has 0 aliphatic carbocycles. The molecule has 0 atom stereocenters. The van der Waals surface area contributed by atoms with Crippen molar-refractivity contribution in [1.29, 1.82) is 0 Å². The predicted molar refractivity (Wildman–Crippen MR) is 170 cm³/mol. The van der Waals surface area contributed by atoms with Gasteiger partial charge >= 0.3 is 5.97 Å². The summed E-state index contributed by atoms with van der Waals surface area (Å²) < 4.78 is 26.8. The van der Waals surface area contributed by atoms with Crippen molar-refractivity contribution in [3.05, 3.63) is 105 Å². The lowest BCUT2D eigenvalue weighted by Gasteiger charge is -2.14. The molecule has 4 aromatic carbocycles. The molecule has 4 rings (SSSR count). The zero-order valence-electron chi connectivity index (χ0n) is 24.5. The van der Waals surface area contributed by atoms with Gasteiger partial charge in [0.25, 0.3) is 11.8 Å². The Morgan fingerprint density at radius 3 is 2.07 bits per heavy atom. The van der Waals surface area contributed by atoms with Crippen LogP contribution in [0.3, 0.4) is 0 Å². The Balaban J connectivity index is 1.41. The van der Waals surface area contributed by atoms with Gasteiger partial charge in [0.15, 0.2) is 23.0 Å². The Morgan fingerprint density at radius 1 is 0.711 bits per heavy atom. The number of amides is 2. The number of nitrogens with one attached hydrogen (secondary N) is 2. The number of benzene rings is 4. The van der Waals surface area contributed by atoms with E-state index in [-0.39, 0.29) is 33.2 Å². The van der Waals surface area contributed by atoms with Gasteiger partial charge in [0.2, 0.25) is 5.75 Å². The number of methoxy groups -OCH3 is 4. The van der Waals surface area contributed by atoms with Gasteiger partial charge in [0.1, 0.15) is 0 Å². The highest BCUT2D eigenvalue weighted by molar-refractivity contribution is 6.37. The lowest BCUT2D eigenvalue weighted by Crippen LogP contribution is -2.18. The van der Waals surface area contributed by atoms with Crippen LogP contribution in [0.25, 0.3) is 0 Å². The molecular weight excluding hydrogens is 625 g/mol. The summed E-state index contributed by atoms with van der Waals surface area (Å²) >= 11 is 12.0. The molecule has 0 aliphatic heterocycles. The molecule has 45 heavy (non-hydrogen) atoms. The third-order valence-corrected chi connectivity index (χ3v) is 6.78. The molecule has 0 unspecified atom stereocenters. The molecule has 0 heterocycles. The van der Waals surface area contributed by atoms with Gasteiger partial charge in [0.05, 0.1) is 50.8 Å². The van der Waals surface area contributed by atoms with Crippen molar-refractivity contribution in [2.45, 2.75) is 0 Å². The van der Waals surface area contributed by atoms with Crippen molar-refractivity contribution in [3.63, 3.8) is 0 Å². The first-order chi connectivity index (χ1) is 21.7. The lowest BCUT2D eigenvalue weighted by molar-refractivity contribution is 0.0728. The van der Waals surface area contributed by atoms with E-state index < -0.39 is 17.8 Å². The van der Waals surface area contributed by atoms with E-state index in [0.29, 0.717) is 33.5 Å². The lowest BCUT2D eigenvalue weighted by atomic mass is 10.1. The molecular formula is C32H27Cl2N3O8. The predicted octanol–water partition coefficient (Wildman–Crippen LogP) is 6.26. The number of carbonyl (C=O) groups is 3. The summed E-state index contributed by atoms with van der Waals surface area (Å²) in [5, 5.41) is 7.30. The smallest absolute Gasteiger partial charge is 0.343 e. The van der Waals surface area contributed by atoms with Crippen LogP contribution in [0.4, 0.5) is 5.69 Å². The summed E-state index contributed by atoms with van der Waals surface area (Å²) in [6, 6.07) is 18.5. The molecule has 0 saturated carbocycles. The minimum atomic E-state index is -0.684. The highest BCUT2D eigenvalue weighted by Gasteiger charge is 2.20. The van der Waals surface area contributed by atoms with Crippen molar-refractivity contribution in [1.82, 2.24) is 5.43 Å². The molecule has 232 valence electrons. The molecule has 2 N–H and O–H groups in total. The fourth-order valence-corrected chi connectivity index (χ4v) is 4.54. The van der Waals surface area contributed by atoms with Crippen LogP contribution in [-0.4, -0.2) is 52.4 Å². The molecule has 0 aliphatic rings. The van der Waals surface area contributed by atoms with Crippen molar-refractivity contribution < 1.29 is 38.1 Å². The highest BCUT2D eigenvalue weighted by atomic mass is 35.5. The molecule has 0 aromatic heterocycles. The number of hydrogen-bond donors (Lipinski definition) is 2. The van der Waals surface area contributed by atoms with E-state index in [1.54, 1.807) is 36.4 Å². The maximum atomic E-state index is 12.9. The molecule has 0 fully saturated rings. The summed E-state index contributed by atoms with van der Waals surface area (Å²) in [6.07, 6.45) is 1.39. The van der Waals surface area contributed by atoms with Crippen molar-refractivity contribution in [2.24, 2.45) is 5.10 Å². The second-order valence-electron chi connectivity index (χ2n) is 9.07. The first-order valence-electron chi connectivity index (χ1n) is 13.1. The fraction of sp³-hybridized carbons (Fsp3) is 0.125. The number of nitrogens with zero attached hydrogens (tertiary/aromatic N) is 1. The average Bonchev–Trinajstić information content (AvgIpc) is 3.04. The van der Waals surface area contributed by atoms with Crippen LogP contribution in [0.1, 0.15) is 36.6 Å². The monoisotopic (exact) mass is 651 g/mol. The van der Waals surface area contributed by atoms with Gasteiger partial charge in [-0.1, -0.05) is 29.3 Å². The van der Waals surface area contributed by atoms with Gasteiger partial charge < -0.3 is 29.0 Å². The first-order valence-corrected chi connectivity index (χ1v) is 13.8. The van der Waals surface area contributed by atoms with Crippen molar-refractivity contribution >= 4 is 52.9 Å². The zero-order valence-corrected chi connectivity index (χ0v) is 26.0. The zero-order chi connectivity index (χ0) is 32.5. The van der Waals surface area contributed by atoms with Gasteiger partial charge in [-0.25, -0.2) is 10.2 Å². The summed E-state index contributed by atoms with van der Waals surface area (Å²) in [4.78, 5) is 38.3. The van der Waals surface area contributed by atoms with E-state index in [9.17, 15) is 14.4 Å². The quantitative estimate of drug-likeness (QED) is 0.0840. The van der Waals surface area contributed by atoms with E-state index in [1.165, 1.54) is 71.1 Å².